The van der Waals surface area contributed by atoms with E-state index < -0.39 is 0 Å². The monoisotopic (exact) mass is 458 g/mol. The molecule has 1 aromatic rings. The van der Waals surface area contributed by atoms with Gasteiger partial charge < -0.3 is 15.1 Å². The summed E-state index contributed by atoms with van der Waals surface area (Å²) in [6.45, 7) is 8.18. The molecule has 0 saturated heterocycles. The number of aliphatic imine (C=N–C) groups is 1. The molecule has 0 aliphatic heterocycles. The highest BCUT2D eigenvalue weighted by molar-refractivity contribution is 14.0. The molecule has 0 heterocycles. The first kappa shape index (κ1) is 23.4. The van der Waals surface area contributed by atoms with E-state index in [-0.39, 0.29) is 29.9 Å². The number of allylic oxidation sites excluding steroid dienone is 1. The smallest absolute Gasteiger partial charge is 0.253 e. The number of carbonyl (C=O) groups is 1. The average Bonchev–Trinajstić information content (AvgIpc) is 2.58. The Morgan fingerprint density at radius 2 is 1.88 bits per heavy atom. The molecule has 0 aliphatic rings. The van der Waals surface area contributed by atoms with E-state index in [4.69, 9.17) is 0 Å². The second-order valence-corrected chi connectivity index (χ2v) is 5.92. The highest BCUT2D eigenvalue weighted by Gasteiger charge is 2.08. The number of carbonyl (C=O) groups excluding carboxylic acids is 1. The van der Waals surface area contributed by atoms with Crippen molar-refractivity contribution in [2.75, 3.05) is 34.2 Å². The Hall–Kier alpha value is -1.57. The molecule has 1 rings (SSSR count). The predicted octanol–water partition coefficient (Wildman–Crippen LogP) is 3.37. The molecule has 0 radical (unpaired) electrons. The quantitative estimate of drug-likeness (QED) is 0.214. The molecule has 140 valence electrons. The summed E-state index contributed by atoms with van der Waals surface area (Å²) < 4.78 is 0. The Labute approximate surface area is 169 Å². The van der Waals surface area contributed by atoms with Gasteiger partial charge in [-0.15, -0.1) is 30.6 Å². The first-order valence-corrected chi connectivity index (χ1v) is 8.40. The van der Waals surface area contributed by atoms with Crippen LogP contribution in [0, 0.1) is 0 Å². The lowest BCUT2D eigenvalue weighted by Gasteiger charge is -2.21. The third-order valence-electron chi connectivity index (χ3n) is 3.62. The van der Waals surface area contributed by atoms with Gasteiger partial charge in [0, 0.05) is 39.8 Å². The Morgan fingerprint density at radius 3 is 2.40 bits per heavy atom. The van der Waals surface area contributed by atoms with Crippen LogP contribution in [0.1, 0.15) is 35.7 Å². The van der Waals surface area contributed by atoms with Gasteiger partial charge in [-0.25, -0.2) is 4.99 Å². The number of amides is 1. The number of halogens is 1. The van der Waals surface area contributed by atoms with Crippen LogP contribution in [0.3, 0.4) is 0 Å². The summed E-state index contributed by atoms with van der Waals surface area (Å²) in [5.74, 6) is 0.912. The molecular weight excluding hydrogens is 427 g/mol. The van der Waals surface area contributed by atoms with Gasteiger partial charge in [0.25, 0.3) is 5.91 Å². The van der Waals surface area contributed by atoms with Gasteiger partial charge in [0.05, 0.1) is 6.54 Å². The highest BCUT2D eigenvalue weighted by Crippen LogP contribution is 2.08. The van der Waals surface area contributed by atoms with Crippen LogP contribution in [-0.2, 0) is 6.54 Å². The van der Waals surface area contributed by atoms with Crippen LogP contribution in [0.15, 0.2) is 41.9 Å². The first-order valence-electron chi connectivity index (χ1n) is 8.40. The highest BCUT2D eigenvalue weighted by atomic mass is 127. The van der Waals surface area contributed by atoms with E-state index in [2.05, 4.69) is 28.7 Å². The van der Waals surface area contributed by atoms with E-state index in [1.807, 2.05) is 37.4 Å². The molecular formula is C19H31IN4O. The van der Waals surface area contributed by atoms with Gasteiger partial charge in [-0.3, -0.25) is 4.79 Å². The normalized spacial score (nSPS) is 10.6. The molecule has 0 bridgehead atoms. The van der Waals surface area contributed by atoms with E-state index >= 15 is 0 Å². The molecule has 1 aromatic carbocycles. The number of hydrogen-bond acceptors (Lipinski definition) is 2. The maximum absolute atomic E-state index is 11.9. The van der Waals surface area contributed by atoms with Crippen molar-refractivity contribution in [3.63, 3.8) is 0 Å². The van der Waals surface area contributed by atoms with Crippen molar-refractivity contribution >= 4 is 35.8 Å². The number of benzene rings is 1. The minimum atomic E-state index is 0. The second-order valence-electron chi connectivity index (χ2n) is 5.92. The van der Waals surface area contributed by atoms with Crippen LogP contribution >= 0.6 is 24.0 Å². The van der Waals surface area contributed by atoms with Crippen LogP contribution in [0.5, 0.6) is 0 Å². The third kappa shape index (κ3) is 8.38. The summed E-state index contributed by atoms with van der Waals surface area (Å²) in [5.41, 5.74) is 1.78. The predicted molar refractivity (Wildman–Crippen MR) is 117 cm³/mol. The number of rotatable bonds is 8. The topological polar surface area (TPSA) is 47.9 Å². The Bertz CT molecular complexity index is 555. The average molecular weight is 458 g/mol. The summed E-state index contributed by atoms with van der Waals surface area (Å²) in [6, 6.07) is 7.63. The lowest BCUT2D eigenvalue weighted by Crippen LogP contribution is -2.39. The fourth-order valence-electron chi connectivity index (χ4n) is 2.23. The maximum Gasteiger partial charge on any atom is 0.253 e. The van der Waals surface area contributed by atoms with Gasteiger partial charge >= 0.3 is 0 Å². The fourth-order valence-corrected chi connectivity index (χ4v) is 2.23. The standard InChI is InChI=1S/C19H30N4O.HI/c1-6-8-9-14-23(5)19(20-7-2)21-15-16-10-12-17(13-11-16)18(24)22(3)4;/h6,10-13H,1,7-9,14-15H2,2-5H3,(H,20,21);1H. The molecule has 0 atom stereocenters. The molecule has 1 amide bonds. The van der Waals surface area contributed by atoms with Crippen molar-refractivity contribution < 1.29 is 4.79 Å². The van der Waals surface area contributed by atoms with Gasteiger partial charge in [0.1, 0.15) is 0 Å². The molecule has 6 heteroatoms. The molecule has 0 aliphatic carbocycles. The van der Waals surface area contributed by atoms with E-state index in [1.165, 1.54) is 0 Å². The lowest BCUT2D eigenvalue weighted by atomic mass is 10.1. The zero-order valence-electron chi connectivity index (χ0n) is 15.8. The van der Waals surface area contributed by atoms with Crippen LogP contribution < -0.4 is 5.32 Å². The van der Waals surface area contributed by atoms with Crippen LogP contribution in [0.4, 0.5) is 0 Å². The van der Waals surface area contributed by atoms with Gasteiger partial charge in [0.15, 0.2) is 5.96 Å². The van der Waals surface area contributed by atoms with Crippen molar-refractivity contribution in [3.8, 4) is 0 Å². The van der Waals surface area contributed by atoms with E-state index in [0.717, 1.165) is 37.5 Å². The molecule has 25 heavy (non-hydrogen) atoms. The number of nitrogens with one attached hydrogen (secondary N) is 1. The van der Waals surface area contributed by atoms with Gasteiger partial charge in [-0.2, -0.15) is 0 Å². The van der Waals surface area contributed by atoms with Gasteiger partial charge in [-0.05, 0) is 37.5 Å². The van der Waals surface area contributed by atoms with Gasteiger partial charge in [-0.1, -0.05) is 18.2 Å². The van der Waals surface area contributed by atoms with Crippen molar-refractivity contribution in [3.05, 3.63) is 48.0 Å². The molecule has 0 fully saturated rings. The van der Waals surface area contributed by atoms with E-state index in [0.29, 0.717) is 12.1 Å². The lowest BCUT2D eigenvalue weighted by molar-refractivity contribution is 0.0827. The minimum absolute atomic E-state index is 0. The molecule has 5 nitrogen and oxygen atoms in total. The van der Waals surface area contributed by atoms with Crippen molar-refractivity contribution in [1.82, 2.24) is 15.1 Å². The van der Waals surface area contributed by atoms with Crippen molar-refractivity contribution in [2.45, 2.75) is 26.3 Å². The summed E-state index contributed by atoms with van der Waals surface area (Å²) in [4.78, 5) is 20.3. The Morgan fingerprint density at radius 1 is 1.24 bits per heavy atom. The van der Waals surface area contributed by atoms with E-state index in [1.54, 1.807) is 19.0 Å². The summed E-state index contributed by atoms with van der Waals surface area (Å²) >= 11 is 0. The van der Waals surface area contributed by atoms with Crippen LogP contribution in [0.2, 0.25) is 0 Å². The number of nitrogens with zero attached hydrogens (tertiary/aromatic N) is 3. The number of hydrogen-bond donors (Lipinski definition) is 1. The Kier molecular flexibility index (Phi) is 11.9. The Balaban J connectivity index is 0.00000576. The summed E-state index contributed by atoms with van der Waals surface area (Å²) in [5, 5.41) is 3.31. The number of unbranched alkanes of at least 4 members (excludes halogenated alkanes) is 1. The third-order valence-corrected chi connectivity index (χ3v) is 3.62. The zero-order chi connectivity index (χ0) is 17.9. The van der Waals surface area contributed by atoms with Crippen molar-refractivity contribution in [1.29, 1.82) is 0 Å². The summed E-state index contributed by atoms with van der Waals surface area (Å²) in [7, 11) is 5.56. The van der Waals surface area contributed by atoms with Crippen LogP contribution in [0.25, 0.3) is 0 Å². The largest absolute Gasteiger partial charge is 0.357 e. The summed E-state index contributed by atoms with van der Waals surface area (Å²) in [6.07, 6.45) is 4.01. The fraction of sp³-hybridized carbons (Fsp3) is 0.474. The number of guanidine groups is 1. The molecule has 0 unspecified atom stereocenters. The first-order chi connectivity index (χ1) is 11.5. The van der Waals surface area contributed by atoms with Crippen LogP contribution in [-0.4, -0.2) is 55.9 Å². The molecule has 0 spiro atoms. The zero-order valence-corrected chi connectivity index (χ0v) is 18.1. The van der Waals surface area contributed by atoms with E-state index in [9.17, 15) is 4.79 Å². The SMILES string of the molecule is C=CCCCN(C)C(=NCc1ccc(C(=O)N(C)C)cc1)NCC.I. The second kappa shape index (κ2) is 12.7. The van der Waals surface area contributed by atoms with Crippen molar-refractivity contribution in [2.24, 2.45) is 4.99 Å². The van der Waals surface area contributed by atoms with Gasteiger partial charge in [0.2, 0.25) is 0 Å². The molecule has 0 saturated carbocycles. The molecule has 0 aromatic heterocycles. The molecule has 1 N–H and O–H groups in total. The minimum Gasteiger partial charge on any atom is -0.357 e. The maximum atomic E-state index is 11.9.